The number of carboxylic acids is 1. The number of aryl methyl sites for hydroxylation is 1. The highest BCUT2D eigenvalue weighted by Crippen LogP contribution is 2.22. The van der Waals surface area contributed by atoms with Crippen molar-refractivity contribution >= 4 is 17.0 Å². The van der Waals surface area contributed by atoms with Gasteiger partial charge in [-0.05, 0) is 47.9 Å². The van der Waals surface area contributed by atoms with Crippen molar-refractivity contribution in [2.24, 2.45) is 0 Å². The van der Waals surface area contributed by atoms with Crippen LogP contribution in [0, 0.1) is 6.92 Å². The third-order valence-electron chi connectivity index (χ3n) is 4.70. The number of aromatic nitrogens is 3. The van der Waals surface area contributed by atoms with Crippen LogP contribution in [0.3, 0.4) is 0 Å². The van der Waals surface area contributed by atoms with Gasteiger partial charge in [-0.1, -0.05) is 24.3 Å². The van der Waals surface area contributed by atoms with E-state index >= 15 is 0 Å². The normalized spacial score (nSPS) is 10.9. The highest BCUT2D eigenvalue weighted by Gasteiger charge is 2.07. The first-order valence-electron chi connectivity index (χ1n) is 9.40. The van der Waals surface area contributed by atoms with Gasteiger partial charge >= 0.3 is 5.97 Å². The van der Waals surface area contributed by atoms with E-state index in [1.807, 2.05) is 31.3 Å². The monoisotopic (exact) mass is 387 g/mol. The number of aliphatic carboxylic acids is 1. The molecule has 0 unspecified atom stereocenters. The number of pyridine rings is 2. The number of hydrogen-bond acceptors (Lipinski definition) is 4. The molecule has 0 amide bonds. The minimum absolute atomic E-state index is 0.107. The highest BCUT2D eigenvalue weighted by molar-refractivity contribution is 5.79. The zero-order valence-corrected chi connectivity index (χ0v) is 16.1. The molecular formula is C23H21N3O3. The molecule has 6 heteroatoms. The average molecular weight is 387 g/mol. The van der Waals surface area contributed by atoms with Crippen LogP contribution < -0.4 is 4.74 Å². The second-order valence-electron chi connectivity index (χ2n) is 6.91. The first kappa shape index (κ1) is 18.7. The van der Waals surface area contributed by atoms with E-state index in [-0.39, 0.29) is 6.54 Å². The molecule has 0 aliphatic carbocycles. The summed E-state index contributed by atoms with van der Waals surface area (Å²) in [6.45, 7) is 2.41. The van der Waals surface area contributed by atoms with Gasteiger partial charge in [0, 0.05) is 29.9 Å². The maximum Gasteiger partial charge on any atom is 0.323 e. The summed E-state index contributed by atoms with van der Waals surface area (Å²) in [5.41, 5.74) is 5.15. The van der Waals surface area contributed by atoms with Gasteiger partial charge in [-0.2, -0.15) is 0 Å². The van der Waals surface area contributed by atoms with Crippen LogP contribution in [0.2, 0.25) is 0 Å². The number of hydrogen-bond donors (Lipinski definition) is 1. The summed E-state index contributed by atoms with van der Waals surface area (Å²) in [6, 6.07) is 16.2. The molecule has 0 fully saturated rings. The van der Waals surface area contributed by atoms with Crippen molar-refractivity contribution < 1.29 is 14.6 Å². The SMILES string of the molecule is Cc1cc(-c2cccc(CCOc3cnc4c(ccn4CC(=O)O)c3)c2)ccn1. The third kappa shape index (κ3) is 4.43. The fourth-order valence-electron chi connectivity index (χ4n) is 3.33. The quantitative estimate of drug-likeness (QED) is 0.516. The Morgan fingerprint density at radius 2 is 1.97 bits per heavy atom. The van der Waals surface area contributed by atoms with Crippen LogP contribution in [0.1, 0.15) is 11.3 Å². The van der Waals surface area contributed by atoms with Gasteiger partial charge in [0.25, 0.3) is 0 Å². The van der Waals surface area contributed by atoms with Crippen molar-refractivity contribution in [3.8, 4) is 16.9 Å². The Morgan fingerprint density at radius 1 is 1.10 bits per heavy atom. The molecule has 3 heterocycles. The van der Waals surface area contributed by atoms with Crippen molar-refractivity contribution in [1.82, 2.24) is 14.5 Å². The van der Waals surface area contributed by atoms with Crippen molar-refractivity contribution in [2.75, 3.05) is 6.61 Å². The van der Waals surface area contributed by atoms with Gasteiger partial charge in [0.2, 0.25) is 0 Å². The number of carbonyl (C=O) groups is 1. The number of nitrogens with zero attached hydrogens (tertiary/aromatic N) is 3. The topological polar surface area (TPSA) is 77.2 Å². The number of fused-ring (bicyclic) bond motifs is 1. The number of carboxylic acid groups (broad SMARTS) is 1. The maximum atomic E-state index is 10.9. The van der Waals surface area contributed by atoms with E-state index in [0.717, 1.165) is 28.6 Å². The summed E-state index contributed by atoms with van der Waals surface area (Å²) in [4.78, 5) is 19.5. The maximum absolute atomic E-state index is 10.9. The van der Waals surface area contributed by atoms with Gasteiger partial charge in [0.15, 0.2) is 0 Å². The van der Waals surface area contributed by atoms with Gasteiger partial charge in [0.1, 0.15) is 17.9 Å². The van der Waals surface area contributed by atoms with Gasteiger partial charge < -0.3 is 14.4 Å². The van der Waals surface area contributed by atoms with E-state index in [1.54, 1.807) is 17.0 Å². The predicted octanol–water partition coefficient (Wildman–Crippen LogP) is 4.11. The van der Waals surface area contributed by atoms with Gasteiger partial charge in [-0.25, -0.2) is 4.98 Å². The molecule has 1 aromatic carbocycles. The third-order valence-corrected chi connectivity index (χ3v) is 4.70. The zero-order chi connectivity index (χ0) is 20.2. The zero-order valence-electron chi connectivity index (χ0n) is 16.1. The fourth-order valence-corrected chi connectivity index (χ4v) is 3.33. The van der Waals surface area contributed by atoms with E-state index in [9.17, 15) is 4.79 Å². The lowest BCUT2D eigenvalue weighted by molar-refractivity contribution is -0.137. The molecule has 4 aromatic rings. The lowest BCUT2D eigenvalue weighted by Gasteiger charge is -2.09. The Labute approximate surface area is 168 Å². The van der Waals surface area contributed by atoms with Gasteiger partial charge in [0.05, 0.1) is 12.8 Å². The Bertz CT molecular complexity index is 1170. The van der Waals surface area contributed by atoms with E-state index in [2.05, 4.69) is 40.3 Å². The molecule has 1 N–H and O–H groups in total. The summed E-state index contributed by atoms with van der Waals surface area (Å²) in [6.07, 6.45) is 5.96. The number of rotatable bonds is 7. The van der Waals surface area contributed by atoms with Crippen LogP contribution in [0.15, 0.2) is 67.1 Å². The summed E-state index contributed by atoms with van der Waals surface area (Å²) in [7, 11) is 0. The van der Waals surface area contributed by atoms with Crippen molar-refractivity contribution in [3.05, 3.63) is 78.4 Å². The molecule has 0 saturated carbocycles. The highest BCUT2D eigenvalue weighted by atomic mass is 16.5. The number of benzene rings is 1. The first-order valence-corrected chi connectivity index (χ1v) is 9.40. The molecule has 0 saturated heterocycles. The number of ether oxygens (including phenoxy) is 1. The van der Waals surface area contributed by atoms with Crippen LogP contribution in [0.5, 0.6) is 5.75 Å². The van der Waals surface area contributed by atoms with E-state index in [4.69, 9.17) is 9.84 Å². The first-order chi connectivity index (χ1) is 14.1. The second kappa shape index (κ2) is 8.14. The lowest BCUT2D eigenvalue weighted by Crippen LogP contribution is -2.08. The molecule has 146 valence electrons. The lowest BCUT2D eigenvalue weighted by atomic mass is 10.0. The van der Waals surface area contributed by atoms with E-state index in [0.29, 0.717) is 18.0 Å². The largest absolute Gasteiger partial charge is 0.492 e. The minimum atomic E-state index is -0.895. The molecule has 0 radical (unpaired) electrons. The Kier molecular flexibility index (Phi) is 5.24. The van der Waals surface area contributed by atoms with Crippen LogP contribution in [0.25, 0.3) is 22.2 Å². The summed E-state index contributed by atoms with van der Waals surface area (Å²) < 4.78 is 7.48. The Balaban J connectivity index is 1.41. The molecule has 0 aliphatic rings. The molecule has 0 bridgehead atoms. The van der Waals surface area contributed by atoms with Crippen molar-refractivity contribution in [1.29, 1.82) is 0 Å². The molecular weight excluding hydrogens is 366 g/mol. The molecule has 0 aliphatic heterocycles. The van der Waals surface area contributed by atoms with Crippen molar-refractivity contribution in [3.63, 3.8) is 0 Å². The van der Waals surface area contributed by atoms with E-state index < -0.39 is 5.97 Å². The Morgan fingerprint density at radius 3 is 2.79 bits per heavy atom. The smallest absolute Gasteiger partial charge is 0.323 e. The predicted molar refractivity (Wildman–Crippen MR) is 111 cm³/mol. The fraction of sp³-hybridized carbons (Fsp3) is 0.174. The molecule has 0 atom stereocenters. The van der Waals surface area contributed by atoms with Crippen LogP contribution >= 0.6 is 0 Å². The minimum Gasteiger partial charge on any atom is -0.492 e. The summed E-state index contributed by atoms with van der Waals surface area (Å²) >= 11 is 0. The van der Waals surface area contributed by atoms with Gasteiger partial charge in [-0.15, -0.1) is 0 Å². The molecule has 6 nitrogen and oxygen atoms in total. The van der Waals surface area contributed by atoms with Crippen LogP contribution in [0.4, 0.5) is 0 Å². The second-order valence-corrected chi connectivity index (χ2v) is 6.91. The van der Waals surface area contributed by atoms with Crippen LogP contribution in [-0.2, 0) is 17.8 Å². The van der Waals surface area contributed by atoms with E-state index in [1.165, 1.54) is 5.56 Å². The summed E-state index contributed by atoms with van der Waals surface area (Å²) in [5, 5.41) is 9.81. The Hall–Kier alpha value is -3.67. The molecule has 3 aromatic heterocycles. The molecule has 4 rings (SSSR count). The van der Waals surface area contributed by atoms with Crippen LogP contribution in [-0.4, -0.2) is 32.2 Å². The standard InChI is InChI=1S/C23H21N3O3/c1-16-11-19(5-8-24-16)18-4-2-3-17(12-18)7-10-29-21-13-20-6-9-26(15-22(27)28)23(20)25-14-21/h2-6,8-9,11-14H,7,10,15H2,1H3,(H,27,28). The van der Waals surface area contributed by atoms with Crippen molar-refractivity contribution in [2.45, 2.75) is 19.9 Å². The summed E-state index contributed by atoms with van der Waals surface area (Å²) in [5.74, 6) is -0.222. The van der Waals surface area contributed by atoms with Gasteiger partial charge in [-0.3, -0.25) is 9.78 Å². The molecule has 0 spiro atoms. The molecule has 29 heavy (non-hydrogen) atoms. The average Bonchev–Trinajstić information content (AvgIpc) is 3.10.